The number of fused-ring (bicyclic) bond motifs is 3. The standard InChI is InChI=1S/C16H19ClN4O2/c1-11(2)23-9-5-8-20-15(22)12-6-3-4-7-13(12)21-14(10-17)18-19-16(20)21/h3-4,6-7,11H,5,8-10H2,1-2H3. The Balaban J connectivity index is 2.10. The molecule has 0 radical (unpaired) electrons. The van der Waals surface area contributed by atoms with E-state index in [1.54, 1.807) is 4.57 Å². The molecule has 0 saturated heterocycles. The van der Waals surface area contributed by atoms with Crippen LogP contribution in [0.5, 0.6) is 0 Å². The second-order valence-corrected chi connectivity index (χ2v) is 5.90. The summed E-state index contributed by atoms with van der Waals surface area (Å²) in [5.41, 5.74) is 0.717. The van der Waals surface area contributed by atoms with E-state index in [-0.39, 0.29) is 17.5 Å². The Morgan fingerprint density at radius 1 is 1.26 bits per heavy atom. The van der Waals surface area contributed by atoms with Gasteiger partial charge in [-0.3, -0.25) is 13.8 Å². The molecule has 122 valence electrons. The summed E-state index contributed by atoms with van der Waals surface area (Å²) in [4.78, 5) is 12.8. The van der Waals surface area contributed by atoms with Gasteiger partial charge in [-0.2, -0.15) is 0 Å². The minimum atomic E-state index is -0.0637. The number of aryl methyl sites for hydroxylation is 1. The van der Waals surface area contributed by atoms with Crippen molar-refractivity contribution in [1.29, 1.82) is 0 Å². The first-order valence-electron chi connectivity index (χ1n) is 7.66. The Kier molecular flexibility index (Phi) is 4.63. The van der Waals surface area contributed by atoms with Crippen molar-refractivity contribution in [3.8, 4) is 0 Å². The molecule has 0 aliphatic heterocycles. The average Bonchev–Trinajstić information content (AvgIpc) is 2.98. The Morgan fingerprint density at radius 2 is 2.04 bits per heavy atom. The summed E-state index contributed by atoms with van der Waals surface area (Å²) >= 11 is 5.97. The number of para-hydroxylation sites is 1. The van der Waals surface area contributed by atoms with Crippen LogP contribution in [0.25, 0.3) is 16.7 Å². The zero-order chi connectivity index (χ0) is 16.4. The average molecular weight is 335 g/mol. The zero-order valence-electron chi connectivity index (χ0n) is 13.2. The van der Waals surface area contributed by atoms with Crippen LogP contribution in [0.15, 0.2) is 29.1 Å². The smallest absolute Gasteiger partial charge is 0.262 e. The summed E-state index contributed by atoms with van der Waals surface area (Å²) in [7, 11) is 0. The van der Waals surface area contributed by atoms with Crippen molar-refractivity contribution in [3.63, 3.8) is 0 Å². The van der Waals surface area contributed by atoms with Gasteiger partial charge in [-0.15, -0.1) is 21.8 Å². The molecule has 0 bridgehead atoms. The van der Waals surface area contributed by atoms with E-state index in [9.17, 15) is 4.79 Å². The van der Waals surface area contributed by atoms with Crippen LogP contribution in [0.4, 0.5) is 0 Å². The van der Waals surface area contributed by atoms with Crippen molar-refractivity contribution >= 4 is 28.3 Å². The minimum absolute atomic E-state index is 0.0637. The highest BCUT2D eigenvalue weighted by molar-refractivity contribution is 6.16. The second kappa shape index (κ2) is 6.68. The van der Waals surface area contributed by atoms with Crippen molar-refractivity contribution in [3.05, 3.63) is 40.4 Å². The van der Waals surface area contributed by atoms with E-state index < -0.39 is 0 Å². The molecule has 0 saturated carbocycles. The number of hydrogen-bond acceptors (Lipinski definition) is 4. The van der Waals surface area contributed by atoms with Crippen LogP contribution in [-0.4, -0.2) is 31.9 Å². The lowest BCUT2D eigenvalue weighted by Crippen LogP contribution is -2.24. The minimum Gasteiger partial charge on any atom is -0.379 e. The Hall–Kier alpha value is -1.92. The quantitative estimate of drug-likeness (QED) is 0.513. The lowest BCUT2D eigenvalue weighted by atomic mass is 10.2. The maximum Gasteiger partial charge on any atom is 0.262 e. The molecule has 7 heteroatoms. The van der Waals surface area contributed by atoms with Gasteiger partial charge in [0.1, 0.15) is 0 Å². The summed E-state index contributed by atoms with van der Waals surface area (Å²) < 4.78 is 9.05. The predicted octanol–water partition coefficient (Wildman–Crippen LogP) is 2.60. The largest absolute Gasteiger partial charge is 0.379 e. The van der Waals surface area contributed by atoms with Gasteiger partial charge >= 0.3 is 0 Å². The topological polar surface area (TPSA) is 61.4 Å². The van der Waals surface area contributed by atoms with Gasteiger partial charge in [0.05, 0.1) is 22.9 Å². The number of halogens is 1. The van der Waals surface area contributed by atoms with E-state index in [1.165, 1.54) is 0 Å². The van der Waals surface area contributed by atoms with E-state index in [1.807, 2.05) is 42.5 Å². The monoisotopic (exact) mass is 334 g/mol. The van der Waals surface area contributed by atoms with Gasteiger partial charge in [-0.25, -0.2) is 0 Å². The van der Waals surface area contributed by atoms with Crippen molar-refractivity contribution < 1.29 is 4.74 Å². The number of rotatable bonds is 6. The molecule has 2 aromatic heterocycles. The molecule has 0 unspecified atom stereocenters. The zero-order valence-corrected chi connectivity index (χ0v) is 14.0. The number of aromatic nitrogens is 4. The van der Waals surface area contributed by atoms with Gasteiger partial charge in [0.25, 0.3) is 5.56 Å². The maximum absolute atomic E-state index is 12.8. The molecule has 1 aromatic carbocycles. The summed E-state index contributed by atoms with van der Waals surface area (Å²) in [6, 6.07) is 7.44. The molecule has 23 heavy (non-hydrogen) atoms. The van der Waals surface area contributed by atoms with Gasteiger partial charge in [-0.1, -0.05) is 12.1 Å². The van der Waals surface area contributed by atoms with Crippen LogP contribution in [0.2, 0.25) is 0 Å². The molecule has 2 heterocycles. The summed E-state index contributed by atoms with van der Waals surface area (Å²) in [5, 5.41) is 8.91. The lowest BCUT2D eigenvalue weighted by molar-refractivity contribution is 0.0748. The molecular weight excluding hydrogens is 316 g/mol. The fourth-order valence-corrected chi connectivity index (χ4v) is 2.82. The third kappa shape index (κ3) is 2.96. The van der Waals surface area contributed by atoms with Crippen LogP contribution in [0.1, 0.15) is 26.1 Å². The first-order valence-corrected chi connectivity index (χ1v) is 8.20. The summed E-state index contributed by atoms with van der Waals surface area (Å²) in [6.07, 6.45) is 0.911. The number of nitrogens with zero attached hydrogens (tertiary/aromatic N) is 4. The normalized spacial score (nSPS) is 11.8. The highest BCUT2D eigenvalue weighted by atomic mass is 35.5. The van der Waals surface area contributed by atoms with Gasteiger partial charge in [0.2, 0.25) is 5.78 Å². The van der Waals surface area contributed by atoms with E-state index in [0.717, 1.165) is 11.9 Å². The third-order valence-corrected chi connectivity index (χ3v) is 3.91. The fourth-order valence-electron chi connectivity index (χ4n) is 2.64. The highest BCUT2D eigenvalue weighted by Gasteiger charge is 2.15. The number of ether oxygens (including phenoxy) is 1. The van der Waals surface area contributed by atoms with Crippen molar-refractivity contribution in [2.45, 2.75) is 38.8 Å². The maximum atomic E-state index is 12.8. The third-order valence-electron chi connectivity index (χ3n) is 3.67. The van der Waals surface area contributed by atoms with Gasteiger partial charge in [-0.05, 0) is 32.4 Å². The van der Waals surface area contributed by atoms with Gasteiger partial charge in [0, 0.05) is 13.2 Å². The van der Waals surface area contributed by atoms with Crippen LogP contribution < -0.4 is 5.56 Å². The Morgan fingerprint density at radius 3 is 2.78 bits per heavy atom. The second-order valence-electron chi connectivity index (χ2n) is 5.63. The SMILES string of the molecule is CC(C)OCCCn1c(=O)c2ccccc2n2c(CCl)nnc12. The van der Waals surface area contributed by atoms with Crippen molar-refractivity contribution in [2.75, 3.05) is 6.61 Å². The van der Waals surface area contributed by atoms with E-state index in [0.29, 0.717) is 30.1 Å². The summed E-state index contributed by atoms with van der Waals surface area (Å²) in [6.45, 7) is 5.11. The van der Waals surface area contributed by atoms with Crippen LogP contribution in [0.3, 0.4) is 0 Å². The Bertz CT molecular complexity index is 885. The molecule has 0 fully saturated rings. The predicted molar refractivity (Wildman–Crippen MR) is 90.0 cm³/mol. The number of hydrogen-bond donors (Lipinski definition) is 0. The Labute approximate surface area is 138 Å². The van der Waals surface area contributed by atoms with E-state index in [4.69, 9.17) is 16.3 Å². The molecule has 0 N–H and O–H groups in total. The molecule has 0 aliphatic rings. The molecular formula is C16H19ClN4O2. The molecule has 3 aromatic rings. The van der Waals surface area contributed by atoms with Crippen molar-refractivity contribution in [2.24, 2.45) is 0 Å². The number of alkyl halides is 1. The van der Waals surface area contributed by atoms with Crippen molar-refractivity contribution in [1.82, 2.24) is 19.2 Å². The fraction of sp³-hybridized carbons (Fsp3) is 0.438. The molecule has 0 atom stereocenters. The highest BCUT2D eigenvalue weighted by Crippen LogP contribution is 2.15. The first-order chi connectivity index (χ1) is 11.1. The number of benzene rings is 1. The van der Waals surface area contributed by atoms with Crippen LogP contribution in [-0.2, 0) is 17.2 Å². The summed E-state index contributed by atoms with van der Waals surface area (Å²) in [5.74, 6) is 1.39. The molecule has 0 amide bonds. The van der Waals surface area contributed by atoms with E-state index >= 15 is 0 Å². The molecule has 0 spiro atoms. The van der Waals surface area contributed by atoms with Crippen LogP contribution >= 0.6 is 11.6 Å². The molecule has 0 aliphatic carbocycles. The van der Waals surface area contributed by atoms with Gasteiger partial charge in [0.15, 0.2) is 5.82 Å². The first kappa shape index (κ1) is 16.0. The van der Waals surface area contributed by atoms with Crippen LogP contribution in [0, 0.1) is 0 Å². The van der Waals surface area contributed by atoms with Gasteiger partial charge < -0.3 is 4.74 Å². The lowest BCUT2D eigenvalue weighted by Gasteiger charge is -2.12. The van der Waals surface area contributed by atoms with E-state index in [2.05, 4.69) is 10.2 Å². The molecule has 6 nitrogen and oxygen atoms in total. The molecule has 3 rings (SSSR count).